The van der Waals surface area contributed by atoms with E-state index in [9.17, 15) is 15.0 Å². The Morgan fingerprint density at radius 1 is 1.38 bits per heavy atom. The molecule has 2 saturated heterocycles. The van der Waals surface area contributed by atoms with Gasteiger partial charge in [-0.1, -0.05) is 0 Å². The van der Waals surface area contributed by atoms with Gasteiger partial charge in [0.2, 0.25) is 6.41 Å². The van der Waals surface area contributed by atoms with Gasteiger partial charge in [0.25, 0.3) is 0 Å². The number of hydrogen-bond acceptors (Lipinski definition) is 10. The zero-order valence-corrected chi connectivity index (χ0v) is 15.9. The van der Waals surface area contributed by atoms with E-state index >= 15 is 0 Å². The molecular formula is C17H24N6O6. The average Bonchev–Trinajstić information content (AvgIpc) is 3.45. The van der Waals surface area contributed by atoms with Crippen molar-refractivity contribution in [3.05, 3.63) is 12.7 Å². The number of fused-ring (bicyclic) bond motifs is 1. The minimum absolute atomic E-state index is 0.0859. The van der Waals surface area contributed by atoms with Crippen LogP contribution in [-0.2, 0) is 19.1 Å². The van der Waals surface area contributed by atoms with Crippen LogP contribution in [-0.4, -0.2) is 91.9 Å². The summed E-state index contributed by atoms with van der Waals surface area (Å²) < 4.78 is 12.7. The SMILES string of the molecule is CCN(C=O)OC[C@H]1O[C@@H](n2cnc3c(N[C@@H]4CCOC4)ncnc32)[C@H](O)[C@@H]1O. The molecule has 0 aromatic carbocycles. The molecule has 0 saturated carbocycles. The number of carbonyl (C=O) groups is 1. The van der Waals surface area contributed by atoms with E-state index < -0.39 is 24.5 Å². The monoisotopic (exact) mass is 408 g/mol. The van der Waals surface area contributed by atoms with Crippen LogP contribution in [0.15, 0.2) is 12.7 Å². The van der Waals surface area contributed by atoms with E-state index in [1.807, 2.05) is 0 Å². The van der Waals surface area contributed by atoms with Gasteiger partial charge in [0.1, 0.15) is 31.2 Å². The van der Waals surface area contributed by atoms with Crippen molar-refractivity contribution in [3.8, 4) is 0 Å². The first-order valence-corrected chi connectivity index (χ1v) is 9.50. The molecule has 4 rings (SSSR count). The van der Waals surface area contributed by atoms with Gasteiger partial charge in [-0.15, -0.1) is 0 Å². The molecule has 2 aromatic heterocycles. The van der Waals surface area contributed by atoms with E-state index in [1.54, 1.807) is 11.5 Å². The fourth-order valence-corrected chi connectivity index (χ4v) is 3.45. The Kier molecular flexibility index (Phi) is 5.87. The first kappa shape index (κ1) is 19.9. The molecule has 0 aliphatic carbocycles. The number of ether oxygens (including phenoxy) is 2. The number of aliphatic hydroxyl groups excluding tert-OH is 2. The molecule has 2 fully saturated rings. The second-order valence-corrected chi connectivity index (χ2v) is 6.93. The quantitative estimate of drug-likeness (QED) is 0.369. The summed E-state index contributed by atoms with van der Waals surface area (Å²) in [6, 6.07) is 0.147. The van der Waals surface area contributed by atoms with Crippen LogP contribution in [0, 0.1) is 0 Å². The Morgan fingerprint density at radius 3 is 2.97 bits per heavy atom. The van der Waals surface area contributed by atoms with Crippen molar-refractivity contribution in [2.75, 3.05) is 31.7 Å². The van der Waals surface area contributed by atoms with E-state index in [4.69, 9.17) is 14.3 Å². The van der Waals surface area contributed by atoms with Crippen molar-refractivity contribution < 1.29 is 29.3 Å². The lowest BCUT2D eigenvalue weighted by Crippen LogP contribution is -2.36. The van der Waals surface area contributed by atoms with Crippen LogP contribution in [0.2, 0.25) is 0 Å². The highest BCUT2D eigenvalue weighted by atomic mass is 16.7. The van der Waals surface area contributed by atoms with Crippen LogP contribution < -0.4 is 5.32 Å². The third kappa shape index (κ3) is 3.89. The molecule has 1 amide bonds. The second-order valence-electron chi connectivity index (χ2n) is 6.93. The first-order valence-electron chi connectivity index (χ1n) is 9.50. The highest BCUT2D eigenvalue weighted by Gasteiger charge is 2.44. The Balaban J connectivity index is 1.52. The third-order valence-corrected chi connectivity index (χ3v) is 5.07. The number of nitrogens with one attached hydrogen (secondary N) is 1. The number of rotatable bonds is 8. The number of imidazole rings is 1. The molecule has 2 aliphatic heterocycles. The number of hydroxylamine groups is 2. The number of aromatic nitrogens is 4. The Labute approximate surface area is 166 Å². The number of carbonyl (C=O) groups excluding carboxylic acids is 1. The second kappa shape index (κ2) is 8.55. The lowest BCUT2D eigenvalue weighted by molar-refractivity contribution is -0.189. The van der Waals surface area contributed by atoms with Crippen molar-refractivity contribution in [2.24, 2.45) is 0 Å². The smallest absolute Gasteiger partial charge is 0.233 e. The Bertz CT molecular complexity index is 843. The molecule has 3 N–H and O–H groups in total. The van der Waals surface area contributed by atoms with Crippen LogP contribution in [0.25, 0.3) is 11.2 Å². The van der Waals surface area contributed by atoms with Gasteiger partial charge in [0, 0.05) is 13.2 Å². The summed E-state index contributed by atoms with van der Waals surface area (Å²) in [5.74, 6) is 0.571. The van der Waals surface area contributed by atoms with Crippen molar-refractivity contribution in [3.63, 3.8) is 0 Å². The predicted molar refractivity (Wildman–Crippen MR) is 98.5 cm³/mol. The van der Waals surface area contributed by atoms with Gasteiger partial charge >= 0.3 is 0 Å². The minimum Gasteiger partial charge on any atom is -0.387 e. The summed E-state index contributed by atoms with van der Waals surface area (Å²) in [5.41, 5.74) is 0.991. The summed E-state index contributed by atoms with van der Waals surface area (Å²) in [5, 5.41) is 25.2. The van der Waals surface area contributed by atoms with Gasteiger partial charge in [-0.05, 0) is 13.3 Å². The third-order valence-electron chi connectivity index (χ3n) is 5.07. The van der Waals surface area contributed by atoms with Crippen LogP contribution in [0.3, 0.4) is 0 Å². The summed E-state index contributed by atoms with van der Waals surface area (Å²) in [6.45, 7) is 3.31. The molecular weight excluding hydrogens is 384 g/mol. The highest BCUT2D eigenvalue weighted by Crippen LogP contribution is 2.32. The number of aliphatic hydroxyl groups is 2. The maximum absolute atomic E-state index is 10.8. The van der Waals surface area contributed by atoms with Crippen LogP contribution in [0.4, 0.5) is 5.82 Å². The molecule has 2 aliphatic rings. The van der Waals surface area contributed by atoms with Crippen LogP contribution in [0.5, 0.6) is 0 Å². The van der Waals surface area contributed by atoms with Crippen molar-refractivity contribution >= 4 is 23.4 Å². The van der Waals surface area contributed by atoms with E-state index in [0.29, 0.717) is 43.2 Å². The molecule has 0 radical (unpaired) electrons. The predicted octanol–water partition coefficient (Wildman–Crippen LogP) is -0.944. The maximum atomic E-state index is 10.8. The standard InChI is InChI=1S/C17H24N6O6/c1-2-22(9-24)28-6-11-13(25)14(26)17(29-11)23-8-20-12-15(18-7-19-16(12)23)21-10-3-4-27-5-10/h7-11,13-14,17,25-26H,2-6H2,1H3,(H,18,19,21)/t10-,11-,13-,14-,17-/m1/s1. The van der Waals surface area contributed by atoms with Gasteiger partial charge in [-0.3, -0.25) is 14.2 Å². The summed E-state index contributed by atoms with van der Waals surface area (Å²) >= 11 is 0. The zero-order valence-electron chi connectivity index (χ0n) is 15.9. The average molecular weight is 408 g/mol. The van der Waals surface area contributed by atoms with Gasteiger partial charge < -0.3 is 25.0 Å². The van der Waals surface area contributed by atoms with Crippen molar-refractivity contribution in [2.45, 2.75) is 43.9 Å². The summed E-state index contributed by atoms with van der Waals surface area (Å²) in [7, 11) is 0. The van der Waals surface area contributed by atoms with E-state index in [2.05, 4.69) is 20.3 Å². The molecule has 0 unspecified atom stereocenters. The fraction of sp³-hybridized carbons (Fsp3) is 0.647. The largest absolute Gasteiger partial charge is 0.387 e. The van der Waals surface area contributed by atoms with Gasteiger partial charge in [-0.25, -0.2) is 20.0 Å². The number of hydrogen-bond donors (Lipinski definition) is 3. The van der Waals surface area contributed by atoms with E-state index in [0.717, 1.165) is 11.5 Å². The molecule has 0 bridgehead atoms. The lowest BCUT2D eigenvalue weighted by Gasteiger charge is -2.19. The van der Waals surface area contributed by atoms with Crippen LogP contribution in [0.1, 0.15) is 19.6 Å². The molecule has 29 heavy (non-hydrogen) atoms. The Morgan fingerprint density at radius 2 is 2.24 bits per heavy atom. The van der Waals surface area contributed by atoms with E-state index in [1.165, 1.54) is 12.7 Å². The molecule has 12 nitrogen and oxygen atoms in total. The van der Waals surface area contributed by atoms with Crippen LogP contribution >= 0.6 is 0 Å². The van der Waals surface area contributed by atoms with Crippen molar-refractivity contribution in [1.82, 2.24) is 24.6 Å². The highest BCUT2D eigenvalue weighted by molar-refractivity contribution is 5.82. The summed E-state index contributed by atoms with van der Waals surface area (Å²) in [6.07, 6.45) is 0.159. The fourth-order valence-electron chi connectivity index (χ4n) is 3.45. The lowest BCUT2D eigenvalue weighted by atomic mass is 10.1. The molecule has 2 aromatic rings. The normalized spacial score (nSPS) is 29.4. The van der Waals surface area contributed by atoms with E-state index in [-0.39, 0.29) is 12.6 Å². The number of anilines is 1. The summed E-state index contributed by atoms with van der Waals surface area (Å²) in [4.78, 5) is 29.0. The molecule has 4 heterocycles. The number of amides is 1. The topological polar surface area (TPSA) is 144 Å². The van der Waals surface area contributed by atoms with Gasteiger partial charge in [-0.2, -0.15) is 0 Å². The number of nitrogens with zero attached hydrogens (tertiary/aromatic N) is 5. The minimum atomic E-state index is -1.22. The molecule has 5 atom stereocenters. The molecule has 0 spiro atoms. The first-order chi connectivity index (χ1) is 14.1. The molecule has 158 valence electrons. The molecule has 12 heteroatoms. The van der Waals surface area contributed by atoms with Gasteiger partial charge in [0.15, 0.2) is 23.2 Å². The Hall–Kier alpha value is -2.38. The maximum Gasteiger partial charge on any atom is 0.233 e. The van der Waals surface area contributed by atoms with Gasteiger partial charge in [0.05, 0.1) is 19.0 Å². The van der Waals surface area contributed by atoms with Crippen molar-refractivity contribution in [1.29, 1.82) is 0 Å². The zero-order chi connectivity index (χ0) is 20.4.